The van der Waals surface area contributed by atoms with Crippen LogP contribution in [0.25, 0.3) is 5.65 Å². The van der Waals surface area contributed by atoms with Crippen LogP contribution in [0.4, 0.5) is 11.5 Å². The summed E-state index contributed by atoms with van der Waals surface area (Å²) in [5.41, 5.74) is 3.84. The van der Waals surface area contributed by atoms with Crippen molar-refractivity contribution in [3.05, 3.63) is 47.8 Å². The Labute approximate surface area is 169 Å². The highest BCUT2D eigenvalue weighted by Gasteiger charge is 2.29. The fraction of sp³-hybridized carbons (Fsp3) is 0.429. The summed E-state index contributed by atoms with van der Waals surface area (Å²) in [7, 11) is 0. The molecule has 4 heterocycles. The second-order valence-electron chi connectivity index (χ2n) is 8.11. The Morgan fingerprint density at radius 2 is 1.97 bits per heavy atom. The predicted molar refractivity (Wildman–Crippen MR) is 111 cm³/mol. The van der Waals surface area contributed by atoms with E-state index in [2.05, 4.69) is 30.5 Å². The van der Waals surface area contributed by atoms with Crippen LogP contribution in [0.1, 0.15) is 41.0 Å². The number of hydrogen-bond donors (Lipinski definition) is 2. The van der Waals surface area contributed by atoms with Gasteiger partial charge in [-0.1, -0.05) is 0 Å². The Morgan fingerprint density at radius 1 is 1.10 bits per heavy atom. The number of carbonyl (C=O) groups is 1. The molecule has 1 unspecified atom stereocenters. The van der Waals surface area contributed by atoms with E-state index < -0.39 is 0 Å². The molecule has 0 aromatic carbocycles. The molecule has 0 spiro atoms. The second kappa shape index (κ2) is 7.11. The Bertz CT molecular complexity index is 1050. The lowest BCUT2D eigenvalue weighted by Crippen LogP contribution is -2.34. The molecule has 1 aliphatic heterocycles. The molecule has 1 atom stereocenters. The molecule has 8 nitrogen and oxygen atoms in total. The number of hydrogen-bond acceptors (Lipinski definition) is 6. The lowest BCUT2D eigenvalue weighted by Gasteiger charge is -2.17. The first kappa shape index (κ1) is 18.1. The number of fused-ring (bicyclic) bond motifs is 1. The van der Waals surface area contributed by atoms with Gasteiger partial charge < -0.3 is 19.9 Å². The molecule has 3 aromatic rings. The summed E-state index contributed by atoms with van der Waals surface area (Å²) in [6, 6.07) is 3.15. The van der Waals surface area contributed by atoms with Crippen molar-refractivity contribution in [1.82, 2.24) is 24.7 Å². The van der Waals surface area contributed by atoms with E-state index in [0.29, 0.717) is 23.5 Å². The molecule has 1 amide bonds. The van der Waals surface area contributed by atoms with Crippen LogP contribution in [0.15, 0.2) is 30.9 Å². The number of aromatic nitrogens is 4. The second-order valence-corrected chi connectivity index (χ2v) is 8.11. The van der Waals surface area contributed by atoms with Crippen molar-refractivity contribution in [3.8, 4) is 0 Å². The van der Waals surface area contributed by atoms with E-state index in [4.69, 9.17) is 0 Å². The van der Waals surface area contributed by atoms with Gasteiger partial charge in [-0.15, -0.1) is 0 Å². The SMILES string of the molecule is Cc1cn2cc(NC(=O)c3cnc(N4CCC(NC5CC5)C4)cn3)cc(C)c2n1. The molecule has 1 saturated carbocycles. The summed E-state index contributed by atoms with van der Waals surface area (Å²) in [5.74, 6) is 0.558. The van der Waals surface area contributed by atoms with Gasteiger partial charge in [0, 0.05) is 37.6 Å². The van der Waals surface area contributed by atoms with Gasteiger partial charge in [0.2, 0.25) is 0 Å². The number of nitrogens with one attached hydrogen (secondary N) is 2. The Kier molecular flexibility index (Phi) is 4.43. The van der Waals surface area contributed by atoms with Crippen LogP contribution in [-0.4, -0.2) is 50.4 Å². The molecule has 2 aliphatic rings. The van der Waals surface area contributed by atoms with Gasteiger partial charge in [-0.25, -0.2) is 15.0 Å². The van der Waals surface area contributed by atoms with Gasteiger partial charge in [0.1, 0.15) is 17.2 Å². The zero-order valence-electron chi connectivity index (χ0n) is 16.7. The summed E-state index contributed by atoms with van der Waals surface area (Å²) in [6.07, 6.45) is 10.8. The molecule has 0 bridgehead atoms. The Balaban J connectivity index is 1.26. The summed E-state index contributed by atoms with van der Waals surface area (Å²) in [4.78, 5) is 28.2. The molecule has 3 aromatic heterocycles. The predicted octanol–water partition coefficient (Wildman–Crippen LogP) is 2.32. The first-order valence-corrected chi connectivity index (χ1v) is 10.2. The largest absolute Gasteiger partial charge is 0.354 e. The number of aryl methyl sites for hydroxylation is 2. The number of carbonyl (C=O) groups excluding carboxylic acids is 1. The molecule has 0 radical (unpaired) electrons. The molecule has 150 valence electrons. The van der Waals surface area contributed by atoms with Gasteiger partial charge in [-0.05, 0) is 44.7 Å². The monoisotopic (exact) mass is 391 g/mol. The van der Waals surface area contributed by atoms with Crippen molar-refractivity contribution in [3.63, 3.8) is 0 Å². The van der Waals surface area contributed by atoms with Crippen LogP contribution in [0.5, 0.6) is 0 Å². The summed E-state index contributed by atoms with van der Waals surface area (Å²) in [5, 5.41) is 6.58. The minimum Gasteiger partial charge on any atom is -0.354 e. The minimum absolute atomic E-state index is 0.269. The molecular formula is C21H25N7O. The van der Waals surface area contributed by atoms with Gasteiger partial charge in [0.25, 0.3) is 5.91 Å². The zero-order valence-corrected chi connectivity index (χ0v) is 16.7. The standard InChI is InChI=1S/C21H25N7O/c1-13-7-17(12-28-10-14(2)24-20(13)28)26-21(29)18-8-23-19(9-22-18)27-6-5-16(11-27)25-15-3-4-15/h7-10,12,15-16,25H,3-6,11H2,1-2H3,(H,26,29). The number of amides is 1. The van der Waals surface area contributed by atoms with E-state index in [0.717, 1.165) is 42.2 Å². The van der Waals surface area contributed by atoms with Gasteiger partial charge in [0.05, 0.1) is 23.8 Å². The van der Waals surface area contributed by atoms with Crippen molar-refractivity contribution in [1.29, 1.82) is 0 Å². The molecule has 1 saturated heterocycles. The van der Waals surface area contributed by atoms with E-state index in [-0.39, 0.29) is 5.91 Å². The minimum atomic E-state index is -0.269. The fourth-order valence-electron chi connectivity index (χ4n) is 3.94. The number of imidazole rings is 1. The van der Waals surface area contributed by atoms with Gasteiger partial charge in [0.15, 0.2) is 0 Å². The third kappa shape index (κ3) is 3.80. The maximum Gasteiger partial charge on any atom is 0.275 e. The average Bonchev–Trinajstić information content (AvgIpc) is 3.24. The lowest BCUT2D eigenvalue weighted by atomic mass is 10.2. The maximum atomic E-state index is 12.6. The van der Waals surface area contributed by atoms with Crippen LogP contribution in [-0.2, 0) is 0 Å². The topological polar surface area (TPSA) is 87.5 Å². The van der Waals surface area contributed by atoms with Crippen LogP contribution in [0.2, 0.25) is 0 Å². The van der Waals surface area contributed by atoms with E-state index in [1.807, 2.05) is 36.7 Å². The summed E-state index contributed by atoms with van der Waals surface area (Å²) in [6.45, 7) is 5.84. The van der Waals surface area contributed by atoms with Crippen molar-refractivity contribution < 1.29 is 4.79 Å². The first-order chi connectivity index (χ1) is 14.0. The van der Waals surface area contributed by atoms with Crippen LogP contribution in [0, 0.1) is 13.8 Å². The molecule has 1 aliphatic carbocycles. The molecule has 2 fully saturated rings. The van der Waals surface area contributed by atoms with Crippen LogP contribution < -0.4 is 15.5 Å². The van der Waals surface area contributed by atoms with Crippen molar-refractivity contribution in [2.45, 2.75) is 45.2 Å². The lowest BCUT2D eigenvalue weighted by molar-refractivity contribution is 0.102. The highest BCUT2D eigenvalue weighted by molar-refractivity contribution is 6.02. The molecule has 2 N–H and O–H groups in total. The quantitative estimate of drug-likeness (QED) is 0.694. The Hall–Kier alpha value is -3.00. The third-order valence-electron chi connectivity index (χ3n) is 5.55. The summed E-state index contributed by atoms with van der Waals surface area (Å²) >= 11 is 0. The van der Waals surface area contributed by atoms with Gasteiger partial charge >= 0.3 is 0 Å². The van der Waals surface area contributed by atoms with E-state index in [9.17, 15) is 4.79 Å². The van der Waals surface area contributed by atoms with Crippen molar-refractivity contribution in [2.24, 2.45) is 0 Å². The van der Waals surface area contributed by atoms with E-state index in [1.165, 1.54) is 12.8 Å². The van der Waals surface area contributed by atoms with Crippen LogP contribution >= 0.6 is 0 Å². The molecule has 29 heavy (non-hydrogen) atoms. The highest BCUT2D eigenvalue weighted by atomic mass is 16.1. The molecule has 8 heteroatoms. The average molecular weight is 391 g/mol. The number of pyridine rings is 1. The van der Waals surface area contributed by atoms with E-state index in [1.54, 1.807) is 12.4 Å². The van der Waals surface area contributed by atoms with Crippen molar-refractivity contribution >= 4 is 23.1 Å². The summed E-state index contributed by atoms with van der Waals surface area (Å²) < 4.78 is 1.93. The number of rotatable bonds is 5. The number of anilines is 2. The number of nitrogens with zero attached hydrogens (tertiary/aromatic N) is 5. The van der Waals surface area contributed by atoms with Crippen LogP contribution in [0.3, 0.4) is 0 Å². The fourth-order valence-corrected chi connectivity index (χ4v) is 3.94. The third-order valence-corrected chi connectivity index (χ3v) is 5.55. The Morgan fingerprint density at radius 3 is 2.72 bits per heavy atom. The van der Waals surface area contributed by atoms with Gasteiger partial charge in [-0.3, -0.25) is 4.79 Å². The van der Waals surface area contributed by atoms with Gasteiger partial charge in [-0.2, -0.15) is 0 Å². The van der Waals surface area contributed by atoms with E-state index >= 15 is 0 Å². The molecule has 5 rings (SSSR count). The zero-order chi connectivity index (χ0) is 20.0. The smallest absolute Gasteiger partial charge is 0.275 e. The van der Waals surface area contributed by atoms with Crippen molar-refractivity contribution in [2.75, 3.05) is 23.3 Å². The first-order valence-electron chi connectivity index (χ1n) is 10.2. The highest BCUT2D eigenvalue weighted by Crippen LogP contribution is 2.24. The maximum absolute atomic E-state index is 12.6. The molecular weight excluding hydrogens is 366 g/mol. The normalized spacial score (nSPS) is 19.1.